The molecule has 0 saturated carbocycles. The van der Waals surface area contributed by atoms with Gasteiger partial charge in [0.15, 0.2) is 0 Å². The third kappa shape index (κ3) is 2.44. The normalized spacial score (nSPS) is 21.1. The van der Waals surface area contributed by atoms with Crippen molar-refractivity contribution in [2.45, 2.75) is 31.9 Å². The Labute approximate surface area is 111 Å². The molecule has 2 rings (SSSR count). The number of anilines is 1. The second-order valence-electron chi connectivity index (χ2n) is 4.64. The average molecular weight is 269 g/mol. The molecule has 5 heteroatoms. The molecule has 1 saturated heterocycles. The topological polar surface area (TPSA) is 66.6 Å². The van der Waals surface area contributed by atoms with E-state index in [-0.39, 0.29) is 11.9 Å². The maximum absolute atomic E-state index is 11.4. The van der Waals surface area contributed by atoms with Crippen LogP contribution in [0, 0.1) is 0 Å². The lowest BCUT2D eigenvalue weighted by atomic mass is 10.1. The lowest BCUT2D eigenvalue weighted by Gasteiger charge is -2.25. The van der Waals surface area contributed by atoms with Crippen molar-refractivity contribution in [3.63, 3.8) is 0 Å². The fraction of sp³-hybridized carbons (Fsp3) is 0.462. The van der Waals surface area contributed by atoms with Crippen molar-refractivity contribution in [2.24, 2.45) is 5.73 Å². The van der Waals surface area contributed by atoms with Gasteiger partial charge >= 0.3 is 0 Å². The Morgan fingerprint density at radius 3 is 2.89 bits per heavy atom. The zero-order valence-electron chi connectivity index (χ0n) is 10.3. The van der Waals surface area contributed by atoms with Crippen LogP contribution < -0.4 is 10.6 Å². The number of carbonyl (C=O) groups excluding carboxylic acids is 1. The smallest absolute Gasteiger partial charge is 0.240 e. The van der Waals surface area contributed by atoms with Gasteiger partial charge < -0.3 is 15.7 Å². The molecule has 1 aromatic rings. The van der Waals surface area contributed by atoms with E-state index in [1.165, 1.54) is 0 Å². The molecule has 1 amide bonds. The summed E-state index contributed by atoms with van der Waals surface area (Å²) in [6, 6.07) is 5.12. The van der Waals surface area contributed by atoms with E-state index in [0.29, 0.717) is 5.02 Å². The van der Waals surface area contributed by atoms with Gasteiger partial charge in [0.05, 0.1) is 16.8 Å². The molecule has 3 N–H and O–H groups in total. The Kier molecular flexibility index (Phi) is 3.78. The van der Waals surface area contributed by atoms with Crippen LogP contribution in [0.4, 0.5) is 5.69 Å². The van der Waals surface area contributed by atoms with Gasteiger partial charge in [-0.25, -0.2) is 0 Å². The first-order valence-electron chi connectivity index (χ1n) is 6.04. The van der Waals surface area contributed by atoms with Gasteiger partial charge in [0.25, 0.3) is 0 Å². The standard InChI is InChI=1S/C13H17ClN2O2/c1-8(17)9-4-5-11(10(14)7-9)16-6-2-3-12(16)13(15)18/h4-5,7-8,12,17H,2-3,6H2,1H3,(H2,15,18)/t8-,12?/m1/s1. The highest BCUT2D eigenvalue weighted by Gasteiger charge is 2.30. The van der Waals surface area contributed by atoms with Gasteiger partial charge in [-0.15, -0.1) is 0 Å². The molecule has 1 aromatic carbocycles. The number of nitrogens with zero attached hydrogens (tertiary/aromatic N) is 1. The summed E-state index contributed by atoms with van der Waals surface area (Å²) in [5.41, 5.74) is 6.96. The summed E-state index contributed by atoms with van der Waals surface area (Å²) in [6.45, 7) is 2.47. The molecule has 0 radical (unpaired) electrons. The van der Waals surface area contributed by atoms with Gasteiger partial charge in [-0.1, -0.05) is 17.7 Å². The lowest BCUT2D eigenvalue weighted by molar-refractivity contribution is -0.119. The maximum atomic E-state index is 11.4. The summed E-state index contributed by atoms with van der Waals surface area (Å²) in [7, 11) is 0. The van der Waals surface area contributed by atoms with Crippen molar-refractivity contribution >= 4 is 23.2 Å². The first-order valence-corrected chi connectivity index (χ1v) is 6.42. The highest BCUT2D eigenvalue weighted by atomic mass is 35.5. The average Bonchev–Trinajstić information content (AvgIpc) is 2.77. The second-order valence-corrected chi connectivity index (χ2v) is 5.05. The van der Waals surface area contributed by atoms with Gasteiger partial charge in [0.2, 0.25) is 5.91 Å². The number of aliphatic hydroxyl groups is 1. The highest BCUT2D eigenvalue weighted by molar-refractivity contribution is 6.33. The number of benzene rings is 1. The number of nitrogens with two attached hydrogens (primary N) is 1. The fourth-order valence-electron chi connectivity index (χ4n) is 2.37. The number of amides is 1. The Bertz CT molecular complexity index is 462. The third-order valence-electron chi connectivity index (χ3n) is 3.34. The quantitative estimate of drug-likeness (QED) is 0.879. The van der Waals surface area contributed by atoms with Crippen LogP contribution in [0.25, 0.3) is 0 Å². The van der Waals surface area contributed by atoms with E-state index in [9.17, 15) is 9.90 Å². The van der Waals surface area contributed by atoms with E-state index in [2.05, 4.69) is 0 Å². The van der Waals surface area contributed by atoms with Gasteiger partial charge in [-0.05, 0) is 37.5 Å². The minimum atomic E-state index is -0.554. The van der Waals surface area contributed by atoms with E-state index < -0.39 is 6.10 Å². The van der Waals surface area contributed by atoms with Crippen molar-refractivity contribution in [3.8, 4) is 0 Å². The zero-order chi connectivity index (χ0) is 13.3. The van der Waals surface area contributed by atoms with Crippen molar-refractivity contribution < 1.29 is 9.90 Å². The molecule has 1 aliphatic rings. The first-order chi connectivity index (χ1) is 8.50. The molecular formula is C13H17ClN2O2. The lowest BCUT2D eigenvalue weighted by Crippen LogP contribution is -2.40. The third-order valence-corrected chi connectivity index (χ3v) is 3.65. The molecular weight excluding hydrogens is 252 g/mol. The molecule has 0 spiro atoms. The minimum absolute atomic E-state index is 0.278. The molecule has 98 valence electrons. The number of aliphatic hydroxyl groups excluding tert-OH is 1. The van der Waals surface area contributed by atoms with Gasteiger partial charge in [-0.2, -0.15) is 0 Å². The number of halogens is 1. The Morgan fingerprint density at radius 1 is 1.61 bits per heavy atom. The van der Waals surface area contributed by atoms with E-state index in [0.717, 1.165) is 30.6 Å². The summed E-state index contributed by atoms with van der Waals surface area (Å²) < 4.78 is 0. The Morgan fingerprint density at radius 2 is 2.33 bits per heavy atom. The van der Waals surface area contributed by atoms with Crippen LogP contribution in [0.3, 0.4) is 0 Å². The number of hydrogen-bond donors (Lipinski definition) is 2. The number of rotatable bonds is 3. The summed E-state index contributed by atoms with van der Waals surface area (Å²) in [5, 5.41) is 10.0. The molecule has 0 aromatic heterocycles. The zero-order valence-corrected chi connectivity index (χ0v) is 11.0. The van der Waals surface area contributed by atoms with Crippen LogP contribution >= 0.6 is 11.6 Å². The Balaban J connectivity index is 2.31. The molecule has 18 heavy (non-hydrogen) atoms. The molecule has 1 unspecified atom stereocenters. The van der Waals surface area contributed by atoms with Crippen LogP contribution in [0.2, 0.25) is 5.02 Å². The molecule has 0 aliphatic carbocycles. The number of hydrogen-bond acceptors (Lipinski definition) is 3. The first kappa shape index (κ1) is 13.2. The van der Waals surface area contributed by atoms with Crippen molar-refractivity contribution in [1.29, 1.82) is 0 Å². The molecule has 2 atom stereocenters. The predicted octanol–water partition coefficient (Wildman–Crippen LogP) is 1.85. The summed E-state index contributed by atoms with van der Waals surface area (Å²) in [4.78, 5) is 13.3. The van der Waals surface area contributed by atoms with Crippen molar-refractivity contribution in [1.82, 2.24) is 0 Å². The van der Waals surface area contributed by atoms with E-state index in [1.54, 1.807) is 13.0 Å². The number of primary amides is 1. The monoisotopic (exact) mass is 268 g/mol. The second kappa shape index (κ2) is 5.16. The molecule has 1 heterocycles. The van der Waals surface area contributed by atoms with Crippen LogP contribution in [0.5, 0.6) is 0 Å². The fourth-order valence-corrected chi connectivity index (χ4v) is 2.66. The van der Waals surface area contributed by atoms with Crippen LogP contribution in [-0.2, 0) is 4.79 Å². The molecule has 1 aliphatic heterocycles. The predicted molar refractivity (Wildman–Crippen MR) is 71.6 cm³/mol. The molecule has 0 bridgehead atoms. The van der Waals surface area contributed by atoms with Crippen molar-refractivity contribution in [2.75, 3.05) is 11.4 Å². The molecule has 1 fully saturated rings. The highest BCUT2D eigenvalue weighted by Crippen LogP contribution is 2.33. The largest absolute Gasteiger partial charge is 0.389 e. The maximum Gasteiger partial charge on any atom is 0.240 e. The van der Waals surface area contributed by atoms with Gasteiger partial charge in [0.1, 0.15) is 6.04 Å². The summed E-state index contributed by atoms with van der Waals surface area (Å²) in [5.74, 6) is -0.317. The van der Waals surface area contributed by atoms with Crippen molar-refractivity contribution in [3.05, 3.63) is 28.8 Å². The Hall–Kier alpha value is -1.26. The van der Waals surface area contributed by atoms with Crippen LogP contribution in [-0.4, -0.2) is 23.6 Å². The minimum Gasteiger partial charge on any atom is -0.389 e. The van der Waals surface area contributed by atoms with E-state index >= 15 is 0 Å². The SMILES string of the molecule is C[C@@H](O)c1ccc(N2CCCC2C(N)=O)c(Cl)c1. The van der Waals surface area contributed by atoms with Gasteiger partial charge in [-0.3, -0.25) is 4.79 Å². The van der Waals surface area contributed by atoms with E-state index in [1.807, 2.05) is 17.0 Å². The number of carbonyl (C=O) groups is 1. The van der Waals surface area contributed by atoms with Crippen LogP contribution in [0.1, 0.15) is 31.4 Å². The van der Waals surface area contributed by atoms with Crippen LogP contribution in [0.15, 0.2) is 18.2 Å². The summed E-state index contributed by atoms with van der Waals surface area (Å²) >= 11 is 6.22. The molecule has 4 nitrogen and oxygen atoms in total. The van der Waals surface area contributed by atoms with E-state index in [4.69, 9.17) is 17.3 Å². The van der Waals surface area contributed by atoms with Gasteiger partial charge in [0, 0.05) is 6.54 Å². The summed E-state index contributed by atoms with van der Waals surface area (Å²) in [6.07, 6.45) is 1.15.